The molecule has 1 aromatic rings. The lowest BCUT2D eigenvalue weighted by Gasteiger charge is -2.40. The summed E-state index contributed by atoms with van der Waals surface area (Å²) in [5.41, 5.74) is -4.99. The van der Waals surface area contributed by atoms with Gasteiger partial charge in [-0.15, -0.1) is 0 Å². The molecular weight excluding hydrogens is 318 g/mol. The fourth-order valence-electron chi connectivity index (χ4n) is 2.79. The first-order valence-electron chi connectivity index (χ1n) is 7.09. The average Bonchev–Trinajstić information content (AvgIpc) is 2.40. The second-order valence-electron chi connectivity index (χ2n) is 5.84. The van der Waals surface area contributed by atoms with Gasteiger partial charge in [0.2, 0.25) is 5.41 Å². The van der Waals surface area contributed by atoms with Crippen molar-refractivity contribution in [3.05, 3.63) is 59.2 Å². The van der Waals surface area contributed by atoms with Crippen LogP contribution in [0.3, 0.4) is 0 Å². The zero-order valence-electron chi connectivity index (χ0n) is 12.6. The lowest BCUT2D eigenvalue weighted by Crippen LogP contribution is -2.55. The van der Waals surface area contributed by atoms with Crippen LogP contribution in [0, 0.1) is 12.8 Å². The third kappa shape index (κ3) is 2.91. The number of allylic oxidation sites excluding steroid dienone is 4. The summed E-state index contributed by atoms with van der Waals surface area (Å²) in [5.74, 6) is -0.0871. The van der Waals surface area contributed by atoms with E-state index in [9.17, 15) is 26.3 Å². The molecule has 0 nitrogen and oxygen atoms in total. The van der Waals surface area contributed by atoms with Gasteiger partial charge in [-0.25, -0.2) is 0 Å². The van der Waals surface area contributed by atoms with Gasteiger partial charge in [-0.3, -0.25) is 0 Å². The first-order chi connectivity index (χ1) is 10.5. The molecular formula is C17H16F6. The quantitative estimate of drug-likeness (QED) is 0.593. The maximum Gasteiger partial charge on any atom is 0.411 e. The molecule has 1 aliphatic carbocycles. The third-order valence-corrected chi connectivity index (χ3v) is 4.08. The van der Waals surface area contributed by atoms with Crippen molar-refractivity contribution in [2.24, 2.45) is 5.92 Å². The molecule has 0 aromatic heterocycles. The number of hydrogen-bond donors (Lipinski definition) is 0. The smallest absolute Gasteiger partial charge is 0.169 e. The number of hydrogen-bond acceptors (Lipinski definition) is 0. The molecule has 0 heterocycles. The molecule has 0 aliphatic heterocycles. The molecule has 0 bridgehead atoms. The summed E-state index contributed by atoms with van der Waals surface area (Å²) in [5, 5.41) is 0. The predicted molar refractivity (Wildman–Crippen MR) is 76.0 cm³/mol. The summed E-state index contributed by atoms with van der Waals surface area (Å²) in [6.07, 6.45) is -7.48. The molecule has 0 radical (unpaired) electrons. The molecule has 126 valence electrons. The summed E-state index contributed by atoms with van der Waals surface area (Å²) in [4.78, 5) is 0. The van der Waals surface area contributed by atoms with Gasteiger partial charge in [0.1, 0.15) is 0 Å². The first kappa shape index (κ1) is 17.6. The van der Waals surface area contributed by atoms with Gasteiger partial charge in [0.25, 0.3) is 0 Å². The van der Waals surface area contributed by atoms with Crippen LogP contribution in [0.15, 0.2) is 48.1 Å². The van der Waals surface area contributed by atoms with Crippen LogP contribution in [0.1, 0.15) is 24.5 Å². The van der Waals surface area contributed by atoms with Crippen molar-refractivity contribution in [3.8, 4) is 0 Å². The molecule has 0 amide bonds. The fourth-order valence-corrected chi connectivity index (χ4v) is 2.79. The van der Waals surface area contributed by atoms with Crippen LogP contribution >= 0.6 is 0 Å². The average molecular weight is 334 g/mol. The highest BCUT2D eigenvalue weighted by Crippen LogP contribution is 2.57. The summed E-state index contributed by atoms with van der Waals surface area (Å²) < 4.78 is 82.5. The highest BCUT2D eigenvalue weighted by molar-refractivity contribution is 5.48. The largest absolute Gasteiger partial charge is 0.411 e. The van der Waals surface area contributed by atoms with Gasteiger partial charge >= 0.3 is 12.4 Å². The van der Waals surface area contributed by atoms with Crippen LogP contribution in [-0.4, -0.2) is 12.4 Å². The second-order valence-corrected chi connectivity index (χ2v) is 5.84. The monoisotopic (exact) mass is 334 g/mol. The van der Waals surface area contributed by atoms with Gasteiger partial charge in [-0.05, 0) is 30.4 Å². The van der Waals surface area contributed by atoms with Crippen LogP contribution in [0.25, 0.3) is 0 Å². The van der Waals surface area contributed by atoms with E-state index in [1.54, 1.807) is 13.8 Å². The zero-order valence-corrected chi connectivity index (χ0v) is 12.6. The maximum atomic E-state index is 13.7. The Morgan fingerprint density at radius 1 is 0.913 bits per heavy atom. The van der Waals surface area contributed by atoms with Crippen molar-refractivity contribution in [1.82, 2.24) is 0 Å². The van der Waals surface area contributed by atoms with Gasteiger partial charge in [-0.1, -0.05) is 55.0 Å². The van der Waals surface area contributed by atoms with Crippen LogP contribution < -0.4 is 0 Å². The molecule has 1 atom stereocenters. The molecule has 1 aromatic carbocycles. The first-order valence-corrected chi connectivity index (χ1v) is 7.09. The number of halogens is 6. The lowest BCUT2D eigenvalue weighted by molar-refractivity contribution is -0.289. The minimum Gasteiger partial charge on any atom is -0.169 e. The van der Waals surface area contributed by atoms with Crippen LogP contribution in [-0.2, 0) is 5.41 Å². The van der Waals surface area contributed by atoms with Crippen molar-refractivity contribution in [3.63, 3.8) is 0 Å². The van der Waals surface area contributed by atoms with Crippen molar-refractivity contribution in [2.75, 3.05) is 0 Å². The molecule has 6 heteroatoms. The zero-order chi connectivity index (χ0) is 17.5. The van der Waals surface area contributed by atoms with Crippen LogP contribution in [0.5, 0.6) is 0 Å². The molecule has 0 saturated heterocycles. The van der Waals surface area contributed by atoms with Gasteiger partial charge in [0.15, 0.2) is 0 Å². The Hall–Kier alpha value is -1.72. The highest BCUT2D eigenvalue weighted by Gasteiger charge is 2.72. The molecule has 0 N–H and O–H groups in total. The Kier molecular flexibility index (Phi) is 4.39. The molecule has 0 spiro atoms. The lowest BCUT2D eigenvalue weighted by atomic mass is 9.70. The van der Waals surface area contributed by atoms with Crippen molar-refractivity contribution >= 4 is 0 Å². The van der Waals surface area contributed by atoms with Crippen molar-refractivity contribution < 1.29 is 26.3 Å². The summed E-state index contributed by atoms with van der Waals surface area (Å²) in [6.45, 7) is 3.34. The topological polar surface area (TPSA) is 0 Å². The normalized spacial score (nSPS) is 19.7. The molecule has 0 saturated carbocycles. The van der Waals surface area contributed by atoms with Crippen molar-refractivity contribution in [2.45, 2.75) is 38.0 Å². The Labute approximate surface area is 130 Å². The molecule has 0 fully saturated rings. The number of rotatable bonds is 2. The van der Waals surface area contributed by atoms with E-state index in [0.717, 1.165) is 24.3 Å². The Morgan fingerprint density at radius 3 is 1.83 bits per heavy atom. The number of aryl methyl sites for hydroxylation is 1. The summed E-state index contributed by atoms with van der Waals surface area (Å²) in [6, 6.07) is 4.33. The minimum atomic E-state index is -5.50. The summed E-state index contributed by atoms with van der Waals surface area (Å²) in [7, 11) is 0. The van der Waals surface area contributed by atoms with Gasteiger partial charge in [0, 0.05) is 0 Å². The van der Waals surface area contributed by atoms with E-state index in [1.165, 1.54) is 18.2 Å². The summed E-state index contributed by atoms with van der Waals surface area (Å²) >= 11 is 0. The maximum absolute atomic E-state index is 13.7. The van der Waals surface area contributed by atoms with Gasteiger partial charge in [0.05, 0.1) is 0 Å². The molecule has 23 heavy (non-hydrogen) atoms. The van der Waals surface area contributed by atoms with E-state index in [4.69, 9.17) is 0 Å². The van der Waals surface area contributed by atoms with E-state index >= 15 is 0 Å². The fraction of sp³-hybridized carbons (Fsp3) is 0.412. The van der Waals surface area contributed by atoms with E-state index in [0.29, 0.717) is 5.56 Å². The Bertz CT molecular complexity index is 602. The van der Waals surface area contributed by atoms with Crippen LogP contribution in [0.2, 0.25) is 0 Å². The van der Waals surface area contributed by atoms with E-state index < -0.39 is 28.9 Å². The minimum absolute atomic E-state index is 0.0871. The second kappa shape index (κ2) is 5.73. The molecule has 1 aliphatic rings. The standard InChI is InChI=1S/C17H16F6/c1-11-3-7-13(8-4-11)15(16(18,19)20,17(21,22)23)14-9-5-12(2)6-10-14/h3-5,7-10,12H,6H2,1-2H3. The predicted octanol–water partition coefficient (Wildman–Crippen LogP) is 5.88. The van der Waals surface area contributed by atoms with Gasteiger partial charge < -0.3 is 0 Å². The highest BCUT2D eigenvalue weighted by atomic mass is 19.4. The molecule has 1 unspecified atom stereocenters. The van der Waals surface area contributed by atoms with E-state index in [2.05, 4.69) is 0 Å². The third-order valence-electron chi connectivity index (χ3n) is 4.08. The number of benzene rings is 1. The van der Waals surface area contributed by atoms with Crippen molar-refractivity contribution in [1.29, 1.82) is 0 Å². The van der Waals surface area contributed by atoms with E-state index in [-0.39, 0.29) is 12.3 Å². The van der Waals surface area contributed by atoms with E-state index in [1.807, 2.05) is 0 Å². The Morgan fingerprint density at radius 2 is 1.43 bits per heavy atom. The van der Waals surface area contributed by atoms with Gasteiger partial charge in [-0.2, -0.15) is 26.3 Å². The Balaban J connectivity index is 2.77. The molecule has 2 rings (SSSR count). The van der Waals surface area contributed by atoms with Crippen LogP contribution in [0.4, 0.5) is 26.3 Å². The number of alkyl halides is 6. The SMILES string of the molecule is Cc1ccc(C(C2=CCC(C)C=C2)(C(F)(F)F)C(F)(F)F)cc1.